The van der Waals surface area contributed by atoms with Gasteiger partial charge in [0.05, 0.1) is 11.1 Å². The highest BCUT2D eigenvalue weighted by molar-refractivity contribution is 5.36. The third-order valence-corrected chi connectivity index (χ3v) is 2.87. The van der Waals surface area contributed by atoms with E-state index in [1.807, 2.05) is 0 Å². The fraction of sp³-hybridized carbons (Fsp3) is 0.200. The first-order valence-electron chi connectivity index (χ1n) is 6.13. The number of alkyl halides is 6. The van der Waals surface area contributed by atoms with Crippen molar-refractivity contribution in [3.8, 4) is 5.75 Å². The van der Waals surface area contributed by atoms with Crippen molar-refractivity contribution in [2.75, 3.05) is 0 Å². The van der Waals surface area contributed by atoms with Gasteiger partial charge in [0.1, 0.15) is 12.4 Å². The summed E-state index contributed by atoms with van der Waals surface area (Å²) in [6, 6.07) is 8.70. The van der Waals surface area contributed by atoms with Gasteiger partial charge in [-0.15, -0.1) is 0 Å². The molecule has 0 atom stereocenters. The van der Waals surface area contributed by atoms with Crippen molar-refractivity contribution in [1.82, 2.24) is 0 Å². The lowest BCUT2D eigenvalue weighted by molar-refractivity contribution is -0.139. The smallest absolute Gasteiger partial charge is 0.419 e. The molecular formula is C15H10F6O. The number of benzene rings is 2. The molecule has 2 aromatic rings. The molecule has 2 aromatic carbocycles. The van der Waals surface area contributed by atoms with Gasteiger partial charge in [0, 0.05) is 0 Å². The van der Waals surface area contributed by atoms with E-state index in [-0.39, 0.29) is 12.4 Å². The minimum Gasteiger partial charge on any atom is -0.488 e. The zero-order valence-corrected chi connectivity index (χ0v) is 11.0. The molecule has 2 rings (SSSR count). The molecule has 0 bridgehead atoms. The monoisotopic (exact) mass is 320 g/mol. The maximum absolute atomic E-state index is 12.8. The Morgan fingerprint density at radius 1 is 0.727 bits per heavy atom. The van der Waals surface area contributed by atoms with Gasteiger partial charge in [-0.3, -0.25) is 0 Å². The van der Waals surface area contributed by atoms with E-state index in [1.165, 1.54) is 24.3 Å². The molecule has 0 heterocycles. The molecule has 7 heteroatoms. The van der Waals surface area contributed by atoms with Crippen LogP contribution in [-0.2, 0) is 19.0 Å². The molecule has 0 saturated carbocycles. The Morgan fingerprint density at radius 3 is 1.86 bits per heavy atom. The molecule has 0 aliphatic carbocycles. The summed E-state index contributed by atoms with van der Waals surface area (Å²) in [5, 5.41) is 0. The van der Waals surface area contributed by atoms with E-state index in [9.17, 15) is 26.3 Å². The van der Waals surface area contributed by atoms with Gasteiger partial charge in [-0.2, -0.15) is 26.3 Å². The summed E-state index contributed by atoms with van der Waals surface area (Å²) in [5.41, 5.74) is -1.42. The minimum absolute atomic E-state index is 0.259. The summed E-state index contributed by atoms with van der Waals surface area (Å²) in [4.78, 5) is 0. The van der Waals surface area contributed by atoms with E-state index in [4.69, 9.17) is 4.74 Å². The Labute approximate surface area is 122 Å². The van der Waals surface area contributed by atoms with Gasteiger partial charge in [0.2, 0.25) is 0 Å². The second-order valence-electron chi connectivity index (χ2n) is 4.48. The molecule has 0 unspecified atom stereocenters. The van der Waals surface area contributed by atoms with Crippen molar-refractivity contribution in [2.45, 2.75) is 19.0 Å². The van der Waals surface area contributed by atoms with Crippen LogP contribution in [-0.4, -0.2) is 0 Å². The maximum atomic E-state index is 12.8. The van der Waals surface area contributed by atoms with Crippen LogP contribution in [0.5, 0.6) is 5.75 Å². The van der Waals surface area contributed by atoms with Gasteiger partial charge in [-0.1, -0.05) is 24.3 Å². The molecule has 0 fully saturated rings. The molecule has 0 amide bonds. The summed E-state index contributed by atoms with van der Waals surface area (Å²) in [5.74, 6) is -0.366. The first kappa shape index (κ1) is 16.2. The van der Waals surface area contributed by atoms with Crippen LogP contribution in [0.2, 0.25) is 0 Å². The molecule has 118 valence electrons. The highest BCUT2D eigenvalue weighted by Crippen LogP contribution is 2.36. The quantitative estimate of drug-likeness (QED) is 0.697. The van der Waals surface area contributed by atoms with Crippen LogP contribution >= 0.6 is 0 Å². The van der Waals surface area contributed by atoms with Gasteiger partial charge in [-0.05, 0) is 29.8 Å². The average molecular weight is 320 g/mol. The fourth-order valence-corrected chi connectivity index (χ4v) is 1.78. The number of halogens is 6. The van der Waals surface area contributed by atoms with Gasteiger partial charge >= 0.3 is 12.4 Å². The molecule has 0 radical (unpaired) electrons. The van der Waals surface area contributed by atoms with Crippen LogP contribution in [0.15, 0.2) is 48.5 Å². The van der Waals surface area contributed by atoms with Crippen molar-refractivity contribution < 1.29 is 31.1 Å². The summed E-state index contributed by atoms with van der Waals surface area (Å²) >= 11 is 0. The zero-order chi connectivity index (χ0) is 16.4. The lowest BCUT2D eigenvalue weighted by atomic mass is 10.1. The highest BCUT2D eigenvalue weighted by Gasteiger charge is 2.34. The van der Waals surface area contributed by atoms with E-state index >= 15 is 0 Å². The molecule has 1 nitrogen and oxygen atoms in total. The average Bonchev–Trinajstić information content (AvgIpc) is 2.44. The topological polar surface area (TPSA) is 9.23 Å². The standard InChI is InChI=1S/C15H10F6O/c16-14(17,18)11-7-5-10(6-8-11)9-22-13-4-2-1-3-12(13)15(19,20)21/h1-8H,9H2. The van der Waals surface area contributed by atoms with Gasteiger partial charge in [0.15, 0.2) is 0 Å². The Balaban J connectivity index is 2.11. The van der Waals surface area contributed by atoms with E-state index in [0.717, 1.165) is 24.3 Å². The SMILES string of the molecule is FC(F)(F)c1ccc(COc2ccccc2C(F)(F)F)cc1. The third-order valence-electron chi connectivity index (χ3n) is 2.87. The number of hydrogen-bond donors (Lipinski definition) is 0. The molecule has 0 spiro atoms. The summed E-state index contributed by atoms with van der Waals surface area (Å²) in [6.45, 7) is -0.259. The van der Waals surface area contributed by atoms with Crippen LogP contribution in [0.3, 0.4) is 0 Å². The lowest BCUT2D eigenvalue weighted by Gasteiger charge is -2.14. The summed E-state index contributed by atoms with van der Waals surface area (Å²) in [6.07, 6.45) is -9.01. The molecule has 0 aliphatic rings. The molecule has 0 aliphatic heterocycles. The molecule has 0 saturated heterocycles. The normalized spacial score (nSPS) is 12.3. The third kappa shape index (κ3) is 3.93. The van der Waals surface area contributed by atoms with Gasteiger partial charge in [-0.25, -0.2) is 0 Å². The number of ether oxygens (including phenoxy) is 1. The number of para-hydroxylation sites is 1. The first-order chi connectivity index (χ1) is 10.2. The van der Waals surface area contributed by atoms with Gasteiger partial charge < -0.3 is 4.74 Å². The van der Waals surface area contributed by atoms with Crippen molar-refractivity contribution in [2.24, 2.45) is 0 Å². The van der Waals surface area contributed by atoms with Gasteiger partial charge in [0.25, 0.3) is 0 Å². The van der Waals surface area contributed by atoms with Crippen LogP contribution in [0.25, 0.3) is 0 Å². The lowest BCUT2D eigenvalue weighted by Crippen LogP contribution is -2.09. The highest BCUT2D eigenvalue weighted by atomic mass is 19.4. The Bertz CT molecular complexity index is 628. The largest absolute Gasteiger partial charge is 0.488 e. The molecule has 0 N–H and O–H groups in total. The van der Waals surface area contributed by atoms with Crippen molar-refractivity contribution in [3.63, 3.8) is 0 Å². The second kappa shape index (κ2) is 5.90. The second-order valence-corrected chi connectivity index (χ2v) is 4.48. The van der Waals surface area contributed by atoms with E-state index in [2.05, 4.69) is 0 Å². The van der Waals surface area contributed by atoms with Crippen molar-refractivity contribution >= 4 is 0 Å². The Kier molecular flexibility index (Phi) is 4.35. The zero-order valence-electron chi connectivity index (χ0n) is 11.0. The number of rotatable bonds is 3. The van der Waals surface area contributed by atoms with Crippen LogP contribution in [0.1, 0.15) is 16.7 Å². The van der Waals surface area contributed by atoms with Crippen LogP contribution in [0.4, 0.5) is 26.3 Å². The predicted octanol–water partition coefficient (Wildman–Crippen LogP) is 5.30. The Hall–Kier alpha value is -2.18. The number of hydrogen-bond acceptors (Lipinski definition) is 1. The van der Waals surface area contributed by atoms with Crippen LogP contribution < -0.4 is 4.74 Å². The summed E-state index contributed by atoms with van der Waals surface area (Å²) in [7, 11) is 0. The van der Waals surface area contributed by atoms with Crippen molar-refractivity contribution in [1.29, 1.82) is 0 Å². The first-order valence-corrected chi connectivity index (χ1v) is 6.13. The summed E-state index contributed by atoms with van der Waals surface area (Å²) < 4.78 is 80.5. The van der Waals surface area contributed by atoms with E-state index in [0.29, 0.717) is 5.56 Å². The predicted molar refractivity (Wildman–Crippen MR) is 67.2 cm³/mol. The molecule has 0 aromatic heterocycles. The van der Waals surface area contributed by atoms with E-state index in [1.54, 1.807) is 0 Å². The Morgan fingerprint density at radius 2 is 1.32 bits per heavy atom. The molecule has 22 heavy (non-hydrogen) atoms. The maximum Gasteiger partial charge on any atom is 0.419 e. The molecular weight excluding hydrogens is 310 g/mol. The van der Waals surface area contributed by atoms with Crippen molar-refractivity contribution in [3.05, 3.63) is 65.2 Å². The van der Waals surface area contributed by atoms with E-state index < -0.39 is 23.5 Å². The van der Waals surface area contributed by atoms with Crippen LogP contribution in [0, 0.1) is 0 Å². The fourth-order valence-electron chi connectivity index (χ4n) is 1.78. The minimum atomic E-state index is -4.56.